The number of hydrogen-bond acceptors (Lipinski definition) is 2. The zero-order valence-corrected chi connectivity index (χ0v) is 10.5. The molecular weight excluding hydrogens is 301 g/mol. The van der Waals surface area contributed by atoms with Crippen molar-refractivity contribution < 1.29 is 22.6 Å². The van der Waals surface area contributed by atoms with Gasteiger partial charge in [0.25, 0.3) is 0 Å². The molecule has 0 saturated heterocycles. The van der Waals surface area contributed by atoms with Crippen LogP contribution < -0.4 is 9.47 Å². The van der Waals surface area contributed by atoms with E-state index in [9.17, 15) is 13.2 Å². The summed E-state index contributed by atoms with van der Waals surface area (Å²) in [6, 6.07) is 3.98. The molecule has 0 aliphatic rings. The van der Waals surface area contributed by atoms with E-state index in [0.717, 1.165) is 0 Å². The van der Waals surface area contributed by atoms with Crippen LogP contribution in [-0.4, -0.2) is 12.5 Å². The molecule has 0 radical (unpaired) electrons. The van der Waals surface area contributed by atoms with Crippen LogP contribution in [0.4, 0.5) is 13.2 Å². The third-order valence-electron chi connectivity index (χ3n) is 1.78. The van der Waals surface area contributed by atoms with Gasteiger partial charge in [0.1, 0.15) is 17.6 Å². The molecule has 1 rings (SSSR count). The molecule has 1 unspecified atom stereocenters. The molecule has 94 valence electrons. The average Bonchev–Trinajstić information content (AvgIpc) is 2.20. The van der Waals surface area contributed by atoms with Crippen molar-refractivity contribution in [1.82, 2.24) is 0 Å². The molecule has 0 spiro atoms. The lowest BCUT2D eigenvalue weighted by Crippen LogP contribution is -2.17. The third-order valence-corrected chi connectivity index (χ3v) is 2.40. The van der Waals surface area contributed by atoms with E-state index < -0.39 is 6.36 Å². The van der Waals surface area contributed by atoms with Crippen LogP contribution in [-0.2, 0) is 0 Å². The minimum Gasteiger partial charge on any atom is -0.487 e. The lowest BCUT2D eigenvalue weighted by molar-refractivity contribution is -0.274. The Morgan fingerprint density at radius 2 is 2.06 bits per heavy atom. The largest absolute Gasteiger partial charge is 0.573 e. The van der Waals surface area contributed by atoms with Gasteiger partial charge in [-0.1, -0.05) is 12.7 Å². The van der Waals surface area contributed by atoms with Crippen molar-refractivity contribution in [2.24, 2.45) is 0 Å². The van der Waals surface area contributed by atoms with Crippen LogP contribution in [0.2, 0.25) is 0 Å². The molecule has 0 N–H and O–H groups in total. The number of rotatable bonds is 4. The maximum atomic E-state index is 12.0. The summed E-state index contributed by atoms with van der Waals surface area (Å²) in [6.07, 6.45) is -3.36. The number of hydrogen-bond donors (Lipinski definition) is 0. The Labute approximate surface area is 105 Å². The number of halogens is 4. The first-order valence-electron chi connectivity index (χ1n) is 4.66. The first-order valence-corrected chi connectivity index (χ1v) is 5.45. The number of ether oxygens (including phenoxy) is 2. The molecule has 6 heteroatoms. The SMILES string of the molecule is C=CC(C)Oc1ccc(OC(F)(F)F)c(Br)c1. The summed E-state index contributed by atoms with van der Waals surface area (Å²) in [7, 11) is 0. The van der Waals surface area contributed by atoms with Gasteiger partial charge < -0.3 is 9.47 Å². The summed E-state index contributed by atoms with van der Waals surface area (Å²) in [4.78, 5) is 0. The maximum absolute atomic E-state index is 12.0. The maximum Gasteiger partial charge on any atom is 0.573 e. The van der Waals surface area contributed by atoms with Gasteiger partial charge in [-0.2, -0.15) is 0 Å². The molecular formula is C11H10BrF3O2. The zero-order chi connectivity index (χ0) is 13.1. The first kappa shape index (κ1) is 13.9. The molecule has 0 heterocycles. The lowest BCUT2D eigenvalue weighted by Gasteiger charge is -2.13. The minimum absolute atomic E-state index is 0.170. The van der Waals surface area contributed by atoms with Crippen LogP contribution in [0.3, 0.4) is 0 Å². The van der Waals surface area contributed by atoms with E-state index in [1.54, 1.807) is 13.0 Å². The van der Waals surface area contributed by atoms with Crippen LogP contribution in [0.5, 0.6) is 11.5 Å². The second-order valence-corrected chi connectivity index (χ2v) is 4.05. The van der Waals surface area contributed by atoms with Crippen LogP contribution >= 0.6 is 15.9 Å². The van der Waals surface area contributed by atoms with Crippen LogP contribution in [0.1, 0.15) is 6.92 Å². The molecule has 0 aliphatic heterocycles. The predicted molar refractivity (Wildman–Crippen MR) is 61.1 cm³/mol. The summed E-state index contributed by atoms with van der Waals surface area (Å²) in [5.74, 6) is 0.120. The van der Waals surface area contributed by atoms with E-state index in [-0.39, 0.29) is 16.3 Å². The molecule has 17 heavy (non-hydrogen) atoms. The molecule has 2 nitrogen and oxygen atoms in total. The molecule has 0 saturated carbocycles. The van der Waals surface area contributed by atoms with Crippen LogP contribution in [0.25, 0.3) is 0 Å². The fourth-order valence-corrected chi connectivity index (χ4v) is 1.46. The number of benzene rings is 1. The molecule has 1 atom stereocenters. The Morgan fingerprint density at radius 3 is 2.53 bits per heavy atom. The molecule has 0 amide bonds. The quantitative estimate of drug-likeness (QED) is 0.772. The second kappa shape index (κ2) is 5.44. The van der Waals surface area contributed by atoms with Gasteiger partial charge in [0.05, 0.1) is 4.47 Å². The Bertz CT molecular complexity index is 404. The van der Waals surface area contributed by atoms with Gasteiger partial charge in [-0.3, -0.25) is 0 Å². The Hall–Kier alpha value is -1.17. The highest BCUT2D eigenvalue weighted by Crippen LogP contribution is 2.33. The van der Waals surface area contributed by atoms with Gasteiger partial charge in [-0.15, -0.1) is 13.2 Å². The minimum atomic E-state index is -4.71. The normalized spacial score (nSPS) is 13.0. The van der Waals surface area contributed by atoms with Gasteiger partial charge in [-0.25, -0.2) is 0 Å². The predicted octanol–water partition coefficient (Wildman–Crippen LogP) is 4.30. The second-order valence-electron chi connectivity index (χ2n) is 3.20. The van der Waals surface area contributed by atoms with Gasteiger partial charge in [-0.05, 0) is 41.1 Å². The molecule has 0 aromatic heterocycles. The van der Waals surface area contributed by atoms with Gasteiger partial charge >= 0.3 is 6.36 Å². The first-order chi connectivity index (χ1) is 7.81. The van der Waals surface area contributed by atoms with E-state index in [1.807, 2.05) is 0 Å². The van der Waals surface area contributed by atoms with Crippen molar-refractivity contribution in [3.63, 3.8) is 0 Å². The van der Waals surface area contributed by atoms with Gasteiger partial charge in [0.15, 0.2) is 0 Å². The monoisotopic (exact) mass is 310 g/mol. The van der Waals surface area contributed by atoms with Crippen molar-refractivity contribution in [3.8, 4) is 11.5 Å². The van der Waals surface area contributed by atoms with Gasteiger partial charge in [0.2, 0.25) is 0 Å². The molecule has 0 bridgehead atoms. The summed E-state index contributed by atoms with van der Waals surface area (Å²) >= 11 is 2.98. The highest BCUT2D eigenvalue weighted by Gasteiger charge is 2.31. The molecule has 1 aromatic carbocycles. The Kier molecular flexibility index (Phi) is 4.45. The lowest BCUT2D eigenvalue weighted by atomic mass is 10.3. The topological polar surface area (TPSA) is 18.5 Å². The van der Waals surface area contributed by atoms with E-state index >= 15 is 0 Å². The summed E-state index contributed by atoms with van der Waals surface area (Å²) in [5.41, 5.74) is 0. The molecule has 1 aromatic rings. The van der Waals surface area contributed by atoms with E-state index in [0.29, 0.717) is 5.75 Å². The fourth-order valence-electron chi connectivity index (χ4n) is 1.03. The highest BCUT2D eigenvalue weighted by molar-refractivity contribution is 9.10. The number of alkyl halides is 3. The highest BCUT2D eigenvalue weighted by atomic mass is 79.9. The zero-order valence-electron chi connectivity index (χ0n) is 8.92. The van der Waals surface area contributed by atoms with Gasteiger partial charge in [0, 0.05) is 0 Å². The van der Waals surface area contributed by atoms with Crippen molar-refractivity contribution in [1.29, 1.82) is 0 Å². The Balaban J connectivity index is 2.83. The average molecular weight is 311 g/mol. The Morgan fingerprint density at radius 1 is 1.41 bits per heavy atom. The van der Waals surface area contributed by atoms with Crippen molar-refractivity contribution in [3.05, 3.63) is 35.3 Å². The molecule has 0 aliphatic carbocycles. The fraction of sp³-hybridized carbons (Fsp3) is 0.273. The van der Waals surface area contributed by atoms with E-state index in [4.69, 9.17) is 4.74 Å². The third kappa shape index (κ3) is 4.68. The standard InChI is InChI=1S/C11H10BrF3O2/c1-3-7(2)16-8-4-5-10(9(12)6-8)17-11(13,14)15/h3-7H,1H2,2H3. The smallest absolute Gasteiger partial charge is 0.487 e. The van der Waals surface area contributed by atoms with Crippen LogP contribution in [0.15, 0.2) is 35.3 Å². The molecule has 0 fully saturated rings. The van der Waals surface area contributed by atoms with Crippen molar-refractivity contribution in [2.75, 3.05) is 0 Å². The van der Waals surface area contributed by atoms with E-state index in [2.05, 4.69) is 27.2 Å². The summed E-state index contributed by atoms with van der Waals surface area (Å²) < 4.78 is 45.3. The van der Waals surface area contributed by atoms with Crippen molar-refractivity contribution in [2.45, 2.75) is 19.4 Å². The summed E-state index contributed by atoms with van der Waals surface area (Å²) in [5, 5.41) is 0. The summed E-state index contributed by atoms with van der Waals surface area (Å²) in [6.45, 7) is 5.30. The van der Waals surface area contributed by atoms with Crippen molar-refractivity contribution >= 4 is 15.9 Å². The van der Waals surface area contributed by atoms with Crippen LogP contribution in [0, 0.1) is 0 Å². The van der Waals surface area contributed by atoms with E-state index in [1.165, 1.54) is 18.2 Å².